The van der Waals surface area contributed by atoms with Gasteiger partial charge in [0, 0.05) is 31.4 Å². The van der Waals surface area contributed by atoms with E-state index in [0.29, 0.717) is 31.1 Å². The first-order valence-electron chi connectivity index (χ1n) is 8.61. The lowest BCUT2D eigenvalue weighted by atomic mass is 9.97. The maximum atomic E-state index is 12.6. The number of nitrogens with one attached hydrogen (secondary N) is 1. The van der Waals surface area contributed by atoms with Gasteiger partial charge >= 0.3 is 0 Å². The summed E-state index contributed by atoms with van der Waals surface area (Å²) in [5.41, 5.74) is 0.857. The van der Waals surface area contributed by atoms with Gasteiger partial charge in [0.05, 0.1) is 10.2 Å². The number of pyridine rings is 1. The van der Waals surface area contributed by atoms with E-state index in [1.807, 2.05) is 24.3 Å². The Bertz CT molecular complexity index is 1030. The van der Waals surface area contributed by atoms with Gasteiger partial charge in [-0.25, -0.2) is 13.4 Å². The van der Waals surface area contributed by atoms with Gasteiger partial charge < -0.3 is 5.32 Å². The fourth-order valence-electron chi connectivity index (χ4n) is 3.14. The second-order valence-corrected chi connectivity index (χ2v) is 9.31. The molecule has 0 aliphatic carbocycles. The Balaban J connectivity index is 1.39. The van der Waals surface area contributed by atoms with E-state index in [0.717, 1.165) is 10.2 Å². The molecule has 1 fully saturated rings. The van der Waals surface area contributed by atoms with E-state index in [1.165, 1.54) is 34.1 Å². The highest BCUT2D eigenvalue weighted by Crippen LogP contribution is 2.28. The van der Waals surface area contributed by atoms with Crippen LogP contribution >= 0.6 is 11.3 Å². The quantitative estimate of drug-likeness (QED) is 0.724. The van der Waals surface area contributed by atoms with Gasteiger partial charge in [0.1, 0.15) is 4.90 Å². The highest BCUT2D eigenvalue weighted by molar-refractivity contribution is 7.89. The zero-order chi connectivity index (χ0) is 18.9. The molecule has 1 aliphatic heterocycles. The molecule has 0 unspecified atom stereocenters. The minimum atomic E-state index is -3.56. The number of sulfonamides is 1. The van der Waals surface area contributed by atoms with E-state index in [9.17, 15) is 13.2 Å². The number of piperidine rings is 1. The summed E-state index contributed by atoms with van der Waals surface area (Å²) in [6.07, 6.45) is 3.85. The van der Waals surface area contributed by atoms with Crippen molar-refractivity contribution in [2.24, 2.45) is 5.92 Å². The molecular formula is C18H18N4O3S2. The van der Waals surface area contributed by atoms with Crippen molar-refractivity contribution in [3.63, 3.8) is 0 Å². The molecular weight excluding hydrogens is 384 g/mol. The van der Waals surface area contributed by atoms with E-state index in [-0.39, 0.29) is 16.7 Å². The van der Waals surface area contributed by atoms with Crippen LogP contribution in [0.1, 0.15) is 12.8 Å². The largest absolute Gasteiger partial charge is 0.302 e. The van der Waals surface area contributed by atoms with Crippen molar-refractivity contribution in [1.29, 1.82) is 0 Å². The first-order chi connectivity index (χ1) is 13.0. The van der Waals surface area contributed by atoms with Crippen molar-refractivity contribution >= 4 is 42.6 Å². The molecule has 0 spiro atoms. The van der Waals surface area contributed by atoms with Crippen LogP contribution in [0.3, 0.4) is 0 Å². The Morgan fingerprint density at radius 1 is 1.15 bits per heavy atom. The molecule has 27 heavy (non-hydrogen) atoms. The summed E-state index contributed by atoms with van der Waals surface area (Å²) >= 11 is 1.44. The summed E-state index contributed by atoms with van der Waals surface area (Å²) < 4.78 is 27.7. The molecule has 1 saturated heterocycles. The number of hydrogen-bond acceptors (Lipinski definition) is 6. The zero-order valence-corrected chi connectivity index (χ0v) is 16.0. The zero-order valence-electron chi connectivity index (χ0n) is 14.4. The van der Waals surface area contributed by atoms with Crippen LogP contribution in [-0.2, 0) is 14.8 Å². The first-order valence-corrected chi connectivity index (χ1v) is 10.9. The van der Waals surface area contributed by atoms with E-state index >= 15 is 0 Å². The average molecular weight is 403 g/mol. The monoisotopic (exact) mass is 402 g/mol. The third-order valence-corrected chi connectivity index (χ3v) is 7.45. The SMILES string of the molecule is O=C(Nc1nc2ccccc2s1)C1CCN(S(=O)(=O)c2cccnc2)CC1. The Morgan fingerprint density at radius 2 is 1.93 bits per heavy atom. The van der Waals surface area contributed by atoms with E-state index in [1.54, 1.807) is 6.07 Å². The van der Waals surface area contributed by atoms with E-state index < -0.39 is 10.0 Å². The first kappa shape index (κ1) is 18.0. The fourth-order valence-corrected chi connectivity index (χ4v) is 5.44. The van der Waals surface area contributed by atoms with Gasteiger partial charge in [0.2, 0.25) is 15.9 Å². The second kappa shape index (κ2) is 7.34. The van der Waals surface area contributed by atoms with Crippen LogP contribution in [0.15, 0.2) is 53.7 Å². The molecule has 1 aromatic carbocycles. The molecule has 1 N–H and O–H groups in total. The predicted octanol–water partition coefficient (Wildman–Crippen LogP) is 2.73. The number of benzene rings is 1. The summed E-state index contributed by atoms with van der Waals surface area (Å²) in [5.74, 6) is -0.329. The molecule has 7 nitrogen and oxygen atoms in total. The van der Waals surface area contributed by atoms with Crippen molar-refractivity contribution in [1.82, 2.24) is 14.3 Å². The normalized spacial score (nSPS) is 16.4. The van der Waals surface area contributed by atoms with Gasteiger partial charge in [-0.3, -0.25) is 9.78 Å². The summed E-state index contributed by atoms with van der Waals surface area (Å²) in [6, 6.07) is 10.9. The molecule has 0 radical (unpaired) electrons. The third-order valence-electron chi connectivity index (χ3n) is 4.62. The number of anilines is 1. The Morgan fingerprint density at radius 3 is 2.63 bits per heavy atom. The number of thiazole rings is 1. The van der Waals surface area contributed by atoms with Crippen molar-refractivity contribution in [2.45, 2.75) is 17.7 Å². The molecule has 0 saturated carbocycles. The number of para-hydroxylation sites is 1. The van der Waals surface area contributed by atoms with E-state index in [2.05, 4.69) is 15.3 Å². The molecule has 2 aromatic heterocycles. The van der Waals surface area contributed by atoms with Crippen LogP contribution in [0.25, 0.3) is 10.2 Å². The number of fused-ring (bicyclic) bond motifs is 1. The lowest BCUT2D eigenvalue weighted by Crippen LogP contribution is -2.41. The van der Waals surface area contributed by atoms with E-state index in [4.69, 9.17) is 0 Å². The molecule has 3 heterocycles. The fraction of sp³-hybridized carbons (Fsp3) is 0.278. The lowest BCUT2D eigenvalue weighted by Gasteiger charge is -2.30. The smallest absolute Gasteiger partial charge is 0.244 e. The Labute approximate surface area is 161 Å². The highest BCUT2D eigenvalue weighted by Gasteiger charge is 2.32. The molecule has 4 rings (SSSR count). The standard InChI is InChI=1S/C18H18N4O3S2/c23-17(21-18-20-15-5-1-2-6-16(15)26-18)13-7-10-22(11-8-13)27(24,25)14-4-3-9-19-12-14/h1-6,9,12-13H,7-8,10-11H2,(H,20,21,23). The van der Waals surface area contributed by atoms with Gasteiger partial charge in [-0.1, -0.05) is 23.5 Å². The molecule has 0 atom stereocenters. The van der Waals surface area contributed by atoms with Gasteiger partial charge in [-0.05, 0) is 37.1 Å². The topological polar surface area (TPSA) is 92.3 Å². The van der Waals surface area contributed by atoms with Crippen molar-refractivity contribution in [2.75, 3.05) is 18.4 Å². The van der Waals surface area contributed by atoms with Crippen LogP contribution in [0.4, 0.5) is 5.13 Å². The summed E-state index contributed by atoms with van der Waals surface area (Å²) in [7, 11) is -3.56. The molecule has 140 valence electrons. The molecule has 0 bridgehead atoms. The number of nitrogens with zero attached hydrogens (tertiary/aromatic N) is 3. The number of amides is 1. The van der Waals surface area contributed by atoms with Crippen LogP contribution in [-0.4, -0.2) is 41.7 Å². The number of hydrogen-bond donors (Lipinski definition) is 1. The maximum Gasteiger partial charge on any atom is 0.244 e. The Kier molecular flexibility index (Phi) is 4.90. The van der Waals surface area contributed by atoms with Gasteiger partial charge in [-0.15, -0.1) is 0 Å². The molecule has 9 heteroatoms. The van der Waals surface area contributed by atoms with Crippen molar-refractivity contribution < 1.29 is 13.2 Å². The number of aromatic nitrogens is 2. The summed E-state index contributed by atoms with van der Waals surface area (Å²) in [5, 5.41) is 3.45. The van der Waals surface area contributed by atoms with Crippen LogP contribution < -0.4 is 5.32 Å². The highest BCUT2D eigenvalue weighted by atomic mass is 32.2. The van der Waals surface area contributed by atoms with Crippen molar-refractivity contribution in [3.05, 3.63) is 48.8 Å². The molecule has 1 amide bonds. The average Bonchev–Trinajstić information content (AvgIpc) is 3.11. The molecule has 3 aromatic rings. The van der Waals surface area contributed by atoms with Crippen LogP contribution in [0.2, 0.25) is 0 Å². The minimum Gasteiger partial charge on any atom is -0.302 e. The summed E-state index contributed by atoms with van der Waals surface area (Å²) in [4.78, 5) is 21.0. The van der Waals surface area contributed by atoms with Gasteiger partial charge in [0.15, 0.2) is 5.13 Å². The molecule has 1 aliphatic rings. The number of carbonyl (C=O) groups is 1. The van der Waals surface area contributed by atoms with Crippen molar-refractivity contribution in [3.8, 4) is 0 Å². The number of carbonyl (C=O) groups excluding carboxylic acids is 1. The van der Waals surface area contributed by atoms with Crippen LogP contribution in [0, 0.1) is 5.92 Å². The minimum absolute atomic E-state index is 0.104. The maximum absolute atomic E-state index is 12.6. The summed E-state index contributed by atoms with van der Waals surface area (Å²) in [6.45, 7) is 0.629. The Hall–Kier alpha value is -2.36. The third kappa shape index (κ3) is 3.71. The number of rotatable bonds is 4. The predicted molar refractivity (Wildman–Crippen MR) is 104 cm³/mol. The van der Waals surface area contributed by atoms with Gasteiger partial charge in [0.25, 0.3) is 0 Å². The van der Waals surface area contributed by atoms with Gasteiger partial charge in [-0.2, -0.15) is 4.31 Å². The van der Waals surface area contributed by atoms with Crippen LogP contribution in [0.5, 0.6) is 0 Å². The lowest BCUT2D eigenvalue weighted by molar-refractivity contribution is -0.120. The second-order valence-electron chi connectivity index (χ2n) is 6.34.